The summed E-state index contributed by atoms with van der Waals surface area (Å²) in [5.74, 6) is 0.626. The number of carbonyl (C=O) groups is 1. The molecule has 0 aromatic heterocycles. The number of carbonyl (C=O) groups excluding carboxylic acids is 1. The molecule has 1 amide bonds. The molecule has 7 rings (SSSR count). The summed E-state index contributed by atoms with van der Waals surface area (Å²) >= 11 is 6.46. The van der Waals surface area contributed by atoms with Gasteiger partial charge in [-0.15, -0.1) is 0 Å². The Morgan fingerprint density at radius 3 is 2.76 bits per heavy atom. The van der Waals surface area contributed by atoms with Crippen LogP contribution in [0.25, 0.3) is 0 Å². The number of amides is 1. The van der Waals surface area contributed by atoms with Crippen molar-refractivity contribution in [3.63, 3.8) is 0 Å². The van der Waals surface area contributed by atoms with Crippen LogP contribution in [0.5, 0.6) is 5.75 Å². The summed E-state index contributed by atoms with van der Waals surface area (Å²) in [6.45, 7) is 10.5. The summed E-state index contributed by atoms with van der Waals surface area (Å²) in [4.78, 5) is 18.3. The van der Waals surface area contributed by atoms with Gasteiger partial charge in [-0.2, -0.15) is 0 Å². The first-order valence-electron chi connectivity index (χ1n) is 18.1. The van der Waals surface area contributed by atoms with Crippen LogP contribution in [0.15, 0.2) is 48.6 Å². The molecule has 9 nitrogen and oxygen atoms in total. The number of aryl methyl sites for hydroxylation is 1. The number of sulfonamides is 1. The maximum Gasteiger partial charge on any atom is 0.264 e. The third-order valence-electron chi connectivity index (χ3n) is 11.8. The zero-order valence-electron chi connectivity index (χ0n) is 28.7. The quantitative estimate of drug-likeness (QED) is 0.395. The lowest BCUT2D eigenvalue weighted by Crippen LogP contribution is -2.50. The number of ether oxygens (including phenoxy) is 3. The SMILES string of the molecule is C[C@@H]1[C@@H](C)C/C=C\[C@H](OCCN2CCOCC2)[C@@H]2CC[C@H]2CN2C[C@@]3(CCCc4cc(Cl)ccc43)COc3ccc(cc32)C(=O)NS1(=O)=O.[HH]. The van der Waals surface area contributed by atoms with E-state index in [0.717, 1.165) is 94.5 Å². The van der Waals surface area contributed by atoms with Gasteiger partial charge in [-0.05, 0) is 105 Å². The molecule has 3 aliphatic heterocycles. The first kappa shape index (κ1) is 34.8. The van der Waals surface area contributed by atoms with Crippen molar-refractivity contribution in [1.29, 1.82) is 0 Å². The predicted molar refractivity (Wildman–Crippen MR) is 194 cm³/mol. The molecule has 268 valence electrons. The predicted octanol–water partition coefficient (Wildman–Crippen LogP) is 5.85. The third-order valence-corrected chi connectivity index (χ3v) is 14.0. The lowest BCUT2D eigenvalue weighted by molar-refractivity contribution is -0.0315. The zero-order chi connectivity index (χ0) is 34.2. The summed E-state index contributed by atoms with van der Waals surface area (Å²) in [6.07, 6.45) is 9.97. The maximum absolute atomic E-state index is 13.5. The van der Waals surface area contributed by atoms with Gasteiger partial charge in [-0.25, -0.2) is 13.1 Å². The van der Waals surface area contributed by atoms with E-state index in [1.54, 1.807) is 13.0 Å². The van der Waals surface area contributed by atoms with Gasteiger partial charge < -0.3 is 19.1 Å². The highest BCUT2D eigenvalue weighted by atomic mass is 35.5. The Morgan fingerprint density at radius 2 is 1.96 bits per heavy atom. The molecule has 49 heavy (non-hydrogen) atoms. The van der Waals surface area contributed by atoms with Crippen LogP contribution in [-0.2, 0) is 31.3 Å². The van der Waals surface area contributed by atoms with Gasteiger partial charge in [0.1, 0.15) is 5.75 Å². The molecule has 2 bridgehead atoms. The summed E-state index contributed by atoms with van der Waals surface area (Å²) in [5.41, 5.74) is 3.46. The van der Waals surface area contributed by atoms with E-state index in [2.05, 4.69) is 38.8 Å². The molecule has 1 saturated carbocycles. The third kappa shape index (κ3) is 7.40. The fraction of sp³-hybridized carbons (Fsp3) is 0.605. The van der Waals surface area contributed by atoms with Crippen molar-refractivity contribution < 1.29 is 28.8 Å². The van der Waals surface area contributed by atoms with Gasteiger partial charge in [0.2, 0.25) is 10.0 Å². The van der Waals surface area contributed by atoms with Crippen molar-refractivity contribution in [3.05, 3.63) is 70.3 Å². The van der Waals surface area contributed by atoms with Crippen LogP contribution in [0, 0.1) is 17.8 Å². The van der Waals surface area contributed by atoms with E-state index in [9.17, 15) is 13.2 Å². The standard InChI is InChI=1S/C38H50ClN3O6S.H2/c1-26-5-3-7-35(47-20-17-41-15-18-46-19-16-41)32-11-8-30(32)23-42-24-38(14-4-6-28-21-31(39)10-12-33(28)38)25-48-36-13-9-29(22-34(36)42)37(43)40-49(44,45)27(26)2;/h3,7,9-10,12-13,21-22,26-27,30,32,35H,4-6,8,11,14-20,23-25H2,1-2H3,(H,40,43);1H/b7-3-;/t26-,27+,30-,32+,35-,38-;/m0./s1. The number of halogens is 1. The lowest BCUT2D eigenvalue weighted by Gasteiger charge is -2.46. The van der Waals surface area contributed by atoms with Gasteiger partial charge >= 0.3 is 0 Å². The summed E-state index contributed by atoms with van der Waals surface area (Å²) in [7, 11) is -3.92. The molecule has 2 aliphatic carbocycles. The maximum atomic E-state index is 13.5. The number of hydrogen-bond donors (Lipinski definition) is 1. The van der Waals surface area contributed by atoms with Crippen molar-refractivity contribution in [1.82, 2.24) is 9.62 Å². The van der Waals surface area contributed by atoms with Gasteiger partial charge in [-0.3, -0.25) is 9.69 Å². The second-order valence-electron chi connectivity index (χ2n) is 14.9. The van der Waals surface area contributed by atoms with Crippen LogP contribution >= 0.6 is 11.6 Å². The summed E-state index contributed by atoms with van der Waals surface area (Å²) < 4.78 is 48.1. The number of benzene rings is 2. The molecule has 11 heteroatoms. The molecule has 2 aromatic rings. The number of fused-ring (bicyclic) bond motifs is 4. The molecule has 1 spiro atoms. The average Bonchev–Trinajstić information content (AvgIpc) is 3.22. The minimum Gasteiger partial charge on any atom is -0.490 e. The lowest BCUT2D eigenvalue weighted by atomic mass is 9.68. The number of morpholine rings is 1. The van der Waals surface area contributed by atoms with Crippen LogP contribution < -0.4 is 14.4 Å². The van der Waals surface area contributed by atoms with E-state index in [0.29, 0.717) is 37.0 Å². The Kier molecular flexibility index (Phi) is 10.3. The number of rotatable bonds is 4. The molecule has 6 atom stereocenters. The van der Waals surface area contributed by atoms with E-state index in [4.69, 9.17) is 25.8 Å². The van der Waals surface area contributed by atoms with Crippen LogP contribution in [-0.4, -0.2) is 89.7 Å². The van der Waals surface area contributed by atoms with E-state index >= 15 is 0 Å². The van der Waals surface area contributed by atoms with Crippen LogP contribution in [0.2, 0.25) is 5.02 Å². The van der Waals surface area contributed by atoms with Gasteiger partial charge in [0.15, 0.2) is 0 Å². The van der Waals surface area contributed by atoms with E-state index in [1.807, 2.05) is 25.1 Å². The Balaban J connectivity index is 0.00000432. The molecule has 2 fully saturated rings. The first-order chi connectivity index (χ1) is 23.6. The number of allylic oxidation sites excluding steroid dienone is 1. The topological polar surface area (TPSA) is 97.4 Å². The van der Waals surface area contributed by atoms with Gasteiger partial charge in [0.05, 0.1) is 43.5 Å². The van der Waals surface area contributed by atoms with Crippen molar-refractivity contribution in [3.8, 4) is 5.75 Å². The highest BCUT2D eigenvalue weighted by Crippen LogP contribution is 2.47. The fourth-order valence-corrected chi connectivity index (χ4v) is 9.94. The Hall–Kier alpha value is -2.63. The minimum absolute atomic E-state index is 0. The Morgan fingerprint density at radius 1 is 1.12 bits per heavy atom. The normalized spacial score (nSPS) is 32.5. The summed E-state index contributed by atoms with van der Waals surface area (Å²) in [6, 6.07) is 11.6. The molecule has 3 heterocycles. The molecule has 1 saturated heterocycles. The highest BCUT2D eigenvalue weighted by molar-refractivity contribution is 7.90. The van der Waals surface area contributed by atoms with Crippen molar-refractivity contribution in [2.45, 2.75) is 69.1 Å². The molecule has 0 unspecified atom stereocenters. The number of nitrogens with zero attached hydrogens (tertiary/aromatic N) is 2. The Labute approximate surface area is 297 Å². The Bertz CT molecular complexity index is 1670. The monoisotopic (exact) mass is 713 g/mol. The largest absolute Gasteiger partial charge is 0.490 e. The smallest absolute Gasteiger partial charge is 0.264 e. The molecular weight excluding hydrogens is 662 g/mol. The zero-order valence-corrected chi connectivity index (χ0v) is 30.3. The molecule has 2 aromatic carbocycles. The molecule has 5 aliphatic rings. The minimum atomic E-state index is -3.92. The average molecular weight is 714 g/mol. The van der Waals surface area contributed by atoms with Gasteiger partial charge in [0.25, 0.3) is 5.91 Å². The van der Waals surface area contributed by atoms with Crippen LogP contribution in [0.1, 0.15) is 68.9 Å². The summed E-state index contributed by atoms with van der Waals surface area (Å²) in [5, 5.41) is -0.00970. The number of hydrogen-bond acceptors (Lipinski definition) is 8. The van der Waals surface area contributed by atoms with Gasteiger partial charge in [0, 0.05) is 50.2 Å². The van der Waals surface area contributed by atoms with E-state index < -0.39 is 21.2 Å². The molecule has 0 radical (unpaired) electrons. The van der Waals surface area contributed by atoms with Crippen LogP contribution in [0.3, 0.4) is 0 Å². The highest BCUT2D eigenvalue weighted by Gasteiger charge is 2.44. The second-order valence-corrected chi connectivity index (χ2v) is 17.4. The van der Waals surface area contributed by atoms with Crippen LogP contribution in [0.4, 0.5) is 5.69 Å². The molecule has 1 N–H and O–H groups in total. The second kappa shape index (κ2) is 14.5. The van der Waals surface area contributed by atoms with E-state index in [1.165, 1.54) is 11.1 Å². The van der Waals surface area contributed by atoms with Crippen molar-refractivity contribution >= 4 is 33.2 Å². The van der Waals surface area contributed by atoms with Crippen molar-refractivity contribution in [2.75, 3.05) is 64.1 Å². The van der Waals surface area contributed by atoms with Gasteiger partial charge in [-0.1, -0.05) is 36.7 Å². The number of nitrogens with one attached hydrogen (secondary N) is 1. The number of anilines is 1. The first-order valence-corrected chi connectivity index (χ1v) is 20.0. The fourth-order valence-electron chi connectivity index (χ4n) is 8.46. The molecular formula is C38H52ClN3O6S. The van der Waals surface area contributed by atoms with E-state index in [-0.39, 0.29) is 18.9 Å². The van der Waals surface area contributed by atoms with Crippen molar-refractivity contribution in [2.24, 2.45) is 17.8 Å².